The molecule has 0 heterocycles. The molecule has 0 fully saturated rings. The van der Waals surface area contributed by atoms with E-state index >= 15 is 0 Å². The third kappa shape index (κ3) is 2.00. The third-order valence-corrected chi connectivity index (χ3v) is 1.76. The molecular formula is C9H10FNO3. The minimum Gasteiger partial charge on any atom is -0.494 e. The van der Waals surface area contributed by atoms with Crippen molar-refractivity contribution in [1.82, 2.24) is 0 Å². The second-order valence-electron chi connectivity index (χ2n) is 2.70. The van der Waals surface area contributed by atoms with Gasteiger partial charge in [0, 0.05) is 0 Å². The van der Waals surface area contributed by atoms with E-state index in [1.807, 2.05) is 0 Å². The second-order valence-corrected chi connectivity index (χ2v) is 2.70. The van der Waals surface area contributed by atoms with E-state index in [0.29, 0.717) is 0 Å². The summed E-state index contributed by atoms with van der Waals surface area (Å²) in [5.41, 5.74) is 4.95. The first-order valence-electron chi connectivity index (χ1n) is 3.87. The summed E-state index contributed by atoms with van der Waals surface area (Å²) in [5, 5.41) is 9.20. The fraction of sp³-hybridized carbons (Fsp3) is 0.222. The van der Waals surface area contributed by atoms with Gasteiger partial charge in [-0.2, -0.15) is 0 Å². The number of benzene rings is 1. The standard InChI is InChI=1S/C9H10FNO3/c1-14-7-3-2-5(4-6(7)10)8(12)9(11)13/h2-4,8,12H,1H3,(H2,11,13). The summed E-state index contributed by atoms with van der Waals surface area (Å²) in [6, 6.07) is 3.70. The number of hydrogen-bond acceptors (Lipinski definition) is 3. The number of amides is 1. The van der Waals surface area contributed by atoms with Gasteiger partial charge >= 0.3 is 0 Å². The Bertz CT molecular complexity index is 354. The Kier molecular flexibility index (Phi) is 3.03. The molecule has 1 amide bonds. The van der Waals surface area contributed by atoms with Crippen LogP contribution in [-0.4, -0.2) is 18.1 Å². The van der Waals surface area contributed by atoms with E-state index < -0.39 is 17.8 Å². The molecule has 0 aliphatic carbocycles. The van der Waals surface area contributed by atoms with Crippen molar-refractivity contribution in [3.8, 4) is 5.75 Å². The van der Waals surface area contributed by atoms with Crippen LogP contribution in [0.15, 0.2) is 18.2 Å². The van der Waals surface area contributed by atoms with Crippen molar-refractivity contribution in [2.45, 2.75) is 6.10 Å². The van der Waals surface area contributed by atoms with Crippen molar-refractivity contribution < 1.29 is 19.0 Å². The Morgan fingerprint density at radius 2 is 2.29 bits per heavy atom. The summed E-state index contributed by atoms with van der Waals surface area (Å²) in [4.78, 5) is 10.6. The molecule has 1 atom stereocenters. The highest BCUT2D eigenvalue weighted by Crippen LogP contribution is 2.21. The zero-order valence-electron chi connectivity index (χ0n) is 7.53. The van der Waals surface area contributed by atoms with Gasteiger partial charge in [-0.05, 0) is 17.7 Å². The molecule has 0 spiro atoms. The molecule has 0 saturated heterocycles. The molecule has 0 aromatic heterocycles. The Morgan fingerprint density at radius 3 is 2.71 bits per heavy atom. The first-order chi connectivity index (χ1) is 6.56. The van der Waals surface area contributed by atoms with E-state index in [2.05, 4.69) is 4.74 Å². The summed E-state index contributed by atoms with van der Waals surface area (Å²) in [5.74, 6) is -1.52. The molecule has 0 aliphatic rings. The largest absolute Gasteiger partial charge is 0.494 e. The van der Waals surface area contributed by atoms with Crippen LogP contribution in [0.4, 0.5) is 4.39 Å². The van der Waals surface area contributed by atoms with Gasteiger partial charge in [0.1, 0.15) is 0 Å². The molecule has 0 bridgehead atoms. The van der Waals surface area contributed by atoms with Crippen molar-refractivity contribution in [1.29, 1.82) is 0 Å². The van der Waals surface area contributed by atoms with E-state index in [9.17, 15) is 14.3 Å². The number of aliphatic hydroxyl groups excluding tert-OH is 1. The summed E-state index contributed by atoms with van der Waals surface area (Å²) in [6.45, 7) is 0. The molecule has 0 saturated carbocycles. The van der Waals surface area contributed by atoms with Crippen LogP contribution in [0, 0.1) is 5.82 Å². The van der Waals surface area contributed by atoms with Crippen LogP contribution in [0.3, 0.4) is 0 Å². The first kappa shape index (κ1) is 10.5. The molecule has 0 radical (unpaired) electrons. The maximum absolute atomic E-state index is 13.1. The van der Waals surface area contributed by atoms with Crippen LogP contribution < -0.4 is 10.5 Å². The number of aliphatic hydroxyl groups is 1. The van der Waals surface area contributed by atoms with Crippen LogP contribution in [0.1, 0.15) is 11.7 Å². The summed E-state index contributed by atoms with van der Waals surface area (Å²) in [6.07, 6.45) is -1.49. The minimum absolute atomic E-state index is 0.0467. The average molecular weight is 199 g/mol. The SMILES string of the molecule is COc1ccc(C(O)C(N)=O)cc1F. The Morgan fingerprint density at radius 1 is 1.64 bits per heavy atom. The van der Waals surface area contributed by atoms with Crippen molar-refractivity contribution in [3.05, 3.63) is 29.6 Å². The van der Waals surface area contributed by atoms with Gasteiger partial charge in [-0.3, -0.25) is 4.79 Å². The van der Waals surface area contributed by atoms with E-state index in [1.165, 1.54) is 19.2 Å². The van der Waals surface area contributed by atoms with Crippen LogP contribution in [-0.2, 0) is 4.79 Å². The lowest BCUT2D eigenvalue weighted by Gasteiger charge is -2.08. The number of hydrogen-bond donors (Lipinski definition) is 2. The summed E-state index contributed by atoms with van der Waals surface area (Å²) in [7, 11) is 1.32. The van der Waals surface area contributed by atoms with Gasteiger partial charge in [0.25, 0.3) is 5.91 Å². The molecule has 1 unspecified atom stereocenters. The van der Waals surface area contributed by atoms with Crippen molar-refractivity contribution in [3.63, 3.8) is 0 Å². The van der Waals surface area contributed by atoms with Gasteiger partial charge in [0.2, 0.25) is 0 Å². The molecule has 1 aromatic carbocycles. The van der Waals surface area contributed by atoms with Crippen LogP contribution in [0.2, 0.25) is 0 Å². The lowest BCUT2D eigenvalue weighted by molar-refractivity contribution is -0.126. The molecule has 1 rings (SSSR count). The van der Waals surface area contributed by atoms with Crippen LogP contribution in [0.5, 0.6) is 5.75 Å². The predicted molar refractivity (Wildman–Crippen MR) is 47.1 cm³/mol. The number of primary amides is 1. The highest BCUT2D eigenvalue weighted by molar-refractivity contribution is 5.80. The number of carbonyl (C=O) groups is 1. The molecular weight excluding hydrogens is 189 g/mol. The number of carbonyl (C=O) groups excluding carboxylic acids is 1. The smallest absolute Gasteiger partial charge is 0.250 e. The highest BCUT2D eigenvalue weighted by Gasteiger charge is 2.15. The van der Waals surface area contributed by atoms with Gasteiger partial charge in [-0.15, -0.1) is 0 Å². The van der Waals surface area contributed by atoms with Crippen molar-refractivity contribution in [2.75, 3.05) is 7.11 Å². The van der Waals surface area contributed by atoms with Gasteiger partial charge in [0.15, 0.2) is 17.7 Å². The molecule has 3 N–H and O–H groups in total. The molecule has 5 heteroatoms. The molecule has 14 heavy (non-hydrogen) atoms. The van der Waals surface area contributed by atoms with Crippen LogP contribution in [0.25, 0.3) is 0 Å². The predicted octanol–water partition coefficient (Wildman–Crippen LogP) is 0.353. The lowest BCUT2D eigenvalue weighted by Crippen LogP contribution is -2.20. The maximum atomic E-state index is 13.1. The van der Waals surface area contributed by atoms with E-state index in [1.54, 1.807) is 0 Å². The van der Waals surface area contributed by atoms with Gasteiger partial charge < -0.3 is 15.6 Å². The van der Waals surface area contributed by atoms with Crippen LogP contribution >= 0.6 is 0 Å². The molecule has 4 nitrogen and oxygen atoms in total. The zero-order valence-corrected chi connectivity index (χ0v) is 7.53. The molecule has 1 aromatic rings. The fourth-order valence-corrected chi connectivity index (χ4v) is 1.02. The quantitative estimate of drug-likeness (QED) is 0.737. The number of rotatable bonds is 3. The maximum Gasteiger partial charge on any atom is 0.250 e. The number of nitrogens with two attached hydrogens (primary N) is 1. The monoisotopic (exact) mass is 199 g/mol. The third-order valence-electron chi connectivity index (χ3n) is 1.76. The lowest BCUT2D eigenvalue weighted by atomic mass is 10.1. The zero-order chi connectivity index (χ0) is 10.7. The van der Waals surface area contributed by atoms with Crippen molar-refractivity contribution >= 4 is 5.91 Å². The minimum atomic E-state index is -1.49. The first-order valence-corrected chi connectivity index (χ1v) is 3.87. The Hall–Kier alpha value is -1.62. The Balaban J connectivity index is 3.02. The Labute approximate surface area is 80.1 Å². The number of halogens is 1. The fourth-order valence-electron chi connectivity index (χ4n) is 1.02. The normalized spacial score (nSPS) is 12.2. The topological polar surface area (TPSA) is 72.6 Å². The van der Waals surface area contributed by atoms with E-state index in [4.69, 9.17) is 5.73 Å². The van der Waals surface area contributed by atoms with Gasteiger partial charge in [0.05, 0.1) is 7.11 Å². The molecule has 0 aliphatic heterocycles. The van der Waals surface area contributed by atoms with Gasteiger partial charge in [-0.1, -0.05) is 6.07 Å². The van der Waals surface area contributed by atoms with Gasteiger partial charge in [-0.25, -0.2) is 4.39 Å². The summed E-state index contributed by atoms with van der Waals surface area (Å²) < 4.78 is 17.8. The second kappa shape index (κ2) is 4.06. The highest BCUT2D eigenvalue weighted by atomic mass is 19.1. The molecule has 76 valence electrons. The number of ether oxygens (including phenoxy) is 1. The van der Waals surface area contributed by atoms with E-state index in [0.717, 1.165) is 6.07 Å². The number of methoxy groups -OCH3 is 1. The van der Waals surface area contributed by atoms with E-state index in [-0.39, 0.29) is 11.3 Å². The average Bonchev–Trinajstić information content (AvgIpc) is 2.16. The van der Waals surface area contributed by atoms with Crippen molar-refractivity contribution in [2.24, 2.45) is 5.73 Å². The summed E-state index contributed by atoms with van der Waals surface area (Å²) >= 11 is 0.